The van der Waals surface area contributed by atoms with Gasteiger partial charge in [0.25, 0.3) is 0 Å². The van der Waals surface area contributed by atoms with Crippen LogP contribution in [0, 0.1) is 5.92 Å². The molecule has 0 aliphatic heterocycles. The van der Waals surface area contributed by atoms with E-state index >= 15 is 0 Å². The Kier molecular flexibility index (Phi) is 3.43. The van der Waals surface area contributed by atoms with Crippen LogP contribution in [-0.4, -0.2) is 15.7 Å². The van der Waals surface area contributed by atoms with Crippen molar-refractivity contribution in [3.05, 3.63) is 11.7 Å². The summed E-state index contributed by atoms with van der Waals surface area (Å²) in [6.45, 7) is 12.3. The molecule has 0 saturated carbocycles. The molecule has 0 spiro atoms. The topological polar surface area (TPSA) is 64.9 Å². The van der Waals surface area contributed by atoms with Gasteiger partial charge in [-0.3, -0.25) is 0 Å². The van der Waals surface area contributed by atoms with Crippen molar-refractivity contribution >= 4 is 0 Å². The molecule has 1 heterocycles. The first-order chi connectivity index (χ1) is 7.14. The lowest BCUT2D eigenvalue weighted by atomic mass is 9.75. The van der Waals surface area contributed by atoms with E-state index in [1.165, 1.54) is 0 Å². The lowest BCUT2D eigenvalue weighted by molar-refractivity contribution is 0.222. The maximum absolute atomic E-state index is 6.13. The second-order valence-corrected chi connectivity index (χ2v) is 5.96. The predicted octanol–water partition coefficient (Wildman–Crippen LogP) is 2.28. The van der Waals surface area contributed by atoms with Crippen molar-refractivity contribution in [2.24, 2.45) is 11.7 Å². The van der Waals surface area contributed by atoms with Gasteiger partial charge in [0.05, 0.1) is 5.41 Å². The van der Waals surface area contributed by atoms with Crippen LogP contribution in [0.25, 0.3) is 0 Å². The molecule has 2 N–H and O–H groups in total. The Hall–Kier alpha value is -0.900. The van der Waals surface area contributed by atoms with Crippen molar-refractivity contribution in [1.82, 2.24) is 10.1 Å². The number of aromatic nitrogens is 2. The Morgan fingerprint density at radius 1 is 1.25 bits per heavy atom. The van der Waals surface area contributed by atoms with Gasteiger partial charge in [-0.15, -0.1) is 0 Å². The fourth-order valence-corrected chi connectivity index (χ4v) is 1.23. The summed E-state index contributed by atoms with van der Waals surface area (Å²) in [6.07, 6.45) is 0.838. The molecule has 0 aliphatic carbocycles. The second-order valence-electron chi connectivity index (χ2n) is 5.96. The maximum Gasteiger partial charge on any atom is 0.234 e. The molecule has 1 rings (SSSR count). The number of hydrogen-bond acceptors (Lipinski definition) is 4. The fourth-order valence-electron chi connectivity index (χ4n) is 1.23. The smallest absolute Gasteiger partial charge is 0.234 e. The molecule has 0 radical (unpaired) electrons. The SMILES string of the molecule is CC(C)Cc1noc(C(C)(C)C(C)(C)N)n1. The summed E-state index contributed by atoms with van der Waals surface area (Å²) >= 11 is 0. The molecule has 0 aliphatic rings. The summed E-state index contributed by atoms with van der Waals surface area (Å²) < 4.78 is 5.32. The van der Waals surface area contributed by atoms with E-state index < -0.39 is 5.54 Å². The van der Waals surface area contributed by atoms with Gasteiger partial charge >= 0.3 is 0 Å². The molecular weight excluding hydrogens is 202 g/mol. The highest BCUT2D eigenvalue weighted by atomic mass is 16.5. The van der Waals surface area contributed by atoms with Crippen LogP contribution in [0.2, 0.25) is 0 Å². The number of nitrogens with zero attached hydrogens (tertiary/aromatic N) is 2. The van der Waals surface area contributed by atoms with Gasteiger partial charge in [-0.25, -0.2) is 0 Å². The Bertz CT molecular complexity index is 347. The van der Waals surface area contributed by atoms with Gasteiger partial charge in [0, 0.05) is 12.0 Å². The van der Waals surface area contributed by atoms with Crippen LogP contribution in [0.1, 0.15) is 53.3 Å². The number of rotatable bonds is 4. The Labute approximate surface area is 97.6 Å². The first kappa shape index (κ1) is 13.2. The molecule has 0 atom stereocenters. The van der Waals surface area contributed by atoms with Crippen molar-refractivity contribution in [2.75, 3.05) is 0 Å². The normalized spacial score (nSPS) is 13.5. The van der Waals surface area contributed by atoms with Crippen LogP contribution in [0.4, 0.5) is 0 Å². The van der Waals surface area contributed by atoms with Gasteiger partial charge < -0.3 is 10.3 Å². The van der Waals surface area contributed by atoms with Crippen LogP contribution < -0.4 is 5.73 Å². The largest absolute Gasteiger partial charge is 0.339 e. The molecule has 0 saturated heterocycles. The minimum atomic E-state index is -0.394. The van der Waals surface area contributed by atoms with E-state index in [4.69, 9.17) is 10.3 Å². The highest BCUT2D eigenvalue weighted by Crippen LogP contribution is 2.31. The number of hydrogen-bond donors (Lipinski definition) is 1. The van der Waals surface area contributed by atoms with Gasteiger partial charge in [-0.1, -0.05) is 19.0 Å². The third-order valence-corrected chi connectivity index (χ3v) is 3.20. The van der Waals surface area contributed by atoms with Crippen LogP contribution in [0.3, 0.4) is 0 Å². The summed E-state index contributed by atoms with van der Waals surface area (Å²) in [4.78, 5) is 4.43. The van der Waals surface area contributed by atoms with Crippen molar-refractivity contribution < 1.29 is 4.52 Å². The van der Waals surface area contributed by atoms with E-state index in [0.29, 0.717) is 11.8 Å². The fraction of sp³-hybridized carbons (Fsp3) is 0.833. The van der Waals surface area contributed by atoms with E-state index in [0.717, 1.165) is 12.2 Å². The van der Waals surface area contributed by atoms with E-state index in [1.807, 2.05) is 27.7 Å². The zero-order valence-corrected chi connectivity index (χ0v) is 11.2. The Morgan fingerprint density at radius 2 is 1.81 bits per heavy atom. The average Bonchev–Trinajstić information content (AvgIpc) is 2.49. The predicted molar refractivity (Wildman–Crippen MR) is 64.1 cm³/mol. The van der Waals surface area contributed by atoms with E-state index in [-0.39, 0.29) is 5.41 Å². The first-order valence-electron chi connectivity index (χ1n) is 5.76. The molecule has 1 aromatic heterocycles. The molecular formula is C12H23N3O. The highest BCUT2D eigenvalue weighted by molar-refractivity contribution is 5.10. The van der Waals surface area contributed by atoms with E-state index in [1.54, 1.807) is 0 Å². The molecule has 0 aromatic carbocycles. The lowest BCUT2D eigenvalue weighted by Gasteiger charge is -2.34. The minimum absolute atomic E-state index is 0.324. The molecule has 4 heteroatoms. The third kappa shape index (κ3) is 2.61. The monoisotopic (exact) mass is 225 g/mol. The molecule has 0 bridgehead atoms. The third-order valence-electron chi connectivity index (χ3n) is 3.20. The van der Waals surface area contributed by atoms with Crippen molar-refractivity contribution in [3.8, 4) is 0 Å². The standard InChI is InChI=1S/C12H23N3O/c1-8(2)7-9-14-10(16-15-9)11(3,4)12(5,6)13/h8H,7,13H2,1-6H3. The quantitative estimate of drug-likeness (QED) is 0.853. The van der Waals surface area contributed by atoms with Gasteiger partial charge in [0.1, 0.15) is 0 Å². The average molecular weight is 225 g/mol. The lowest BCUT2D eigenvalue weighted by Crippen LogP contribution is -2.50. The van der Waals surface area contributed by atoms with Crippen LogP contribution in [0.5, 0.6) is 0 Å². The van der Waals surface area contributed by atoms with Gasteiger partial charge in [-0.2, -0.15) is 4.98 Å². The summed E-state index contributed by atoms with van der Waals surface area (Å²) in [7, 11) is 0. The highest BCUT2D eigenvalue weighted by Gasteiger charge is 2.40. The van der Waals surface area contributed by atoms with Gasteiger partial charge in [-0.05, 0) is 33.6 Å². The summed E-state index contributed by atoms with van der Waals surface area (Å²) in [5.41, 5.74) is 5.41. The summed E-state index contributed by atoms with van der Waals surface area (Å²) in [5.74, 6) is 1.91. The van der Waals surface area contributed by atoms with Crippen LogP contribution >= 0.6 is 0 Å². The molecule has 0 fully saturated rings. The molecule has 0 unspecified atom stereocenters. The van der Waals surface area contributed by atoms with Crippen LogP contribution in [0.15, 0.2) is 4.52 Å². The Morgan fingerprint density at radius 3 is 2.25 bits per heavy atom. The maximum atomic E-state index is 6.13. The van der Waals surface area contributed by atoms with Gasteiger partial charge in [0.2, 0.25) is 5.89 Å². The van der Waals surface area contributed by atoms with E-state index in [9.17, 15) is 0 Å². The number of nitrogens with two attached hydrogens (primary N) is 1. The molecule has 16 heavy (non-hydrogen) atoms. The molecule has 4 nitrogen and oxygen atoms in total. The van der Waals surface area contributed by atoms with Crippen molar-refractivity contribution in [2.45, 2.75) is 58.9 Å². The molecule has 0 amide bonds. The van der Waals surface area contributed by atoms with Gasteiger partial charge in [0.15, 0.2) is 5.82 Å². The van der Waals surface area contributed by atoms with Crippen molar-refractivity contribution in [1.29, 1.82) is 0 Å². The van der Waals surface area contributed by atoms with Crippen molar-refractivity contribution in [3.63, 3.8) is 0 Å². The van der Waals surface area contributed by atoms with Crippen LogP contribution in [-0.2, 0) is 11.8 Å². The first-order valence-corrected chi connectivity index (χ1v) is 5.76. The summed E-state index contributed by atoms with van der Waals surface area (Å²) in [6, 6.07) is 0. The second kappa shape index (κ2) is 4.17. The minimum Gasteiger partial charge on any atom is -0.339 e. The zero-order chi connectivity index (χ0) is 12.6. The molecule has 1 aromatic rings. The Balaban J connectivity index is 2.93. The van der Waals surface area contributed by atoms with E-state index in [2.05, 4.69) is 24.0 Å². The molecule has 92 valence electrons. The summed E-state index contributed by atoms with van der Waals surface area (Å²) in [5, 5.41) is 3.99. The zero-order valence-electron chi connectivity index (χ0n) is 11.2.